The maximum atomic E-state index is 12.3. The van der Waals surface area contributed by atoms with Gasteiger partial charge in [0.25, 0.3) is 0 Å². The Morgan fingerprint density at radius 1 is 1.27 bits per heavy atom. The summed E-state index contributed by atoms with van der Waals surface area (Å²) in [4.78, 5) is 12.3. The van der Waals surface area contributed by atoms with Crippen LogP contribution < -0.4 is 10.6 Å². The van der Waals surface area contributed by atoms with E-state index in [0.717, 1.165) is 17.7 Å². The summed E-state index contributed by atoms with van der Waals surface area (Å²) < 4.78 is 10.7. The molecule has 0 saturated heterocycles. The van der Waals surface area contributed by atoms with E-state index in [0.29, 0.717) is 6.61 Å². The van der Waals surface area contributed by atoms with E-state index in [2.05, 4.69) is 31.4 Å². The minimum absolute atomic E-state index is 0.0898. The molecule has 0 spiro atoms. The number of anilines is 1. The molecule has 1 aliphatic carbocycles. The first-order chi connectivity index (χ1) is 10.3. The van der Waals surface area contributed by atoms with E-state index in [-0.39, 0.29) is 23.1 Å². The molecule has 0 aliphatic heterocycles. The molecule has 2 N–H and O–H groups in total. The highest BCUT2D eigenvalue weighted by Crippen LogP contribution is 2.51. The van der Waals surface area contributed by atoms with Gasteiger partial charge >= 0.3 is 6.03 Å². The van der Waals surface area contributed by atoms with Crippen molar-refractivity contribution in [2.75, 3.05) is 19.5 Å². The minimum Gasteiger partial charge on any atom is -0.380 e. The lowest BCUT2D eigenvalue weighted by Crippen LogP contribution is -2.68. The molecule has 0 unspecified atom stereocenters. The van der Waals surface area contributed by atoms with E-state index in [4.69, 9.17) is 9.47 Å². The lowest BCUT2D eigenvalue weighted by Gasteiger charge is -2.59. The van der Waals surface area contributed by atoms with E-state index >= 15 is 0 Å². The van der Waals surface area contributed by atoms with Crippen LogP contribution in [0.4, 0.5) is 10.5 Å². The molecular formula is C17H26N2O3. The Labute approximate surface area is 132 Å². The van der Waals surface area contributed by atoms with Gasteiger partial charge in [-0.1, -0.05) is 32.0 Å². The molecule has 22 heavy (non-hydrogen) atoms. The average molecular weight is 306 g/mol. The molecule has 1 aromatic rings. The van der Waals surface area contributed by atoms with E-state index in [1.54, 1.807) is 14.2 Å². The number of para-hydroxylation sites is 1. The van der Waals surface area contributed by atoms with E-state index in [1.165, 1.54) is 0 Å². The van der Waals surface area contributed by atoms with Crippen molar-refractivity contribution in [2.24, 2.45) is 5.41 Å². The number of carbonyl (C=O) groups excluding carboxylic acids is 1. The van der Waals surface area contributed by atoms with Gasteiger partial charge in [0.15, 0.2) is 0 Å². The number of benzene rings is 1. The van der Waals surface area contributed by atoms with Crippen molar-refractivity contribution >= 4 is 11.7 Å². The van der Waals surface area contributed by atoms with Crippen LogP contribution in [0.15, 0.2) is 24.3 Å². The van der Waals surface area contributed by atoms with Crippen LogP contribution in [0.2, 0.25) is 0 Å². The lowest BCUT2D eigenvalue weighted by atomic mass is 9.56. The van der Waals surface area contributed by atoms with Gasteiger partial charge in [0.05, 0.1) is 12.2 Å². The van der Waals surface area contributed by atoms with Crippen LogP contribution in [-0.2, 0) is 16.1 Å². The predicted molar refractivity (Wildman–Crippen MR) is 86.9 cm³/mol. The van der Waals surface area contributed by atoms with Gasteiger partial charge < -0.3 is 20.1 Å². The Kier molecular flexibility index (Phi) is 4.78. The molecule has 122 valence electrons. The van der Waals surface area contributed by atoms with Crippen molar-refractivity contribution in [3.05, 3.63) is 29.8 Å². The third kappa shape index (κ3) is 2.96. The summed E-state index contributed by atoms with van der Waals surface area (Å²) in [5.41, 5.74) is 1.42. The number of hydrogen-bond acceptors (Lipinski definition) is 3. The van der Waals surface area contributed by atoms with Crippen LogP contribution in [0.3, 0.4) is 0 Å². The van der Waals surface area contributed by atoms with Crippen molar-refractivity contribution in [1.82, 2.24) is 5.32 Å². The summed E-state index contributed by atoms with van der Waals surface area (Å²) in [5.74, 6) is 0. The Hall–Kier alpha value is -1.59. The molecule has 1 aromatic carbocycles. The van der Waals surface area contributed by atoms with Crippen molar-refractivity contribution in [3.8, 4) is 0 Å². The smallest absolute Gasteiger partial charge is 0.319 e. The Balaban J connectivity index is 1.98. The molecule has 2 atom stereocenters. The van der Waals surface area contributed by atoms with Crippen molar-refractivity contribution in [3.63, 3.8) is 0 Å². The number of amides is 2. The Morgan fingerprint density at radius 3 is 2.55 bits per heavy atom. The summed E-state index contributed by atoms with van der Waals surface area (Å²) in [6.45, 7) is 6.78. The predicted octanol–water partition coefficient (Wildman–Crippen LogP) is 3.16. The lowest BCUT2D eigenvalue weighted by molar-refractivity contribution is -0.177. The van der Waals surface area contributed by atoms with Crippen molar-refractivity contribution in [1.29, 1.82) is 0 Å². The zero-order valence-corrected chi connectivity index (χ0v) is 14.0. The van der Waals surface area contributed by atoms with Crippen LogP contribution in [0.25, 0.3) is 0 Å². The molecule has 2 amide bonds. The van der Waals surface area contributed by atoms with E-state index in [9.17, 15) is 4.79 Å². The largest absolute Gasteiger partial charge is 0.380 e. The van der Waals surface area contributed by atoms with Gasteiger partial charge in [-0.25, -0.2) is 4.79 Å². The number of nitrogens with one attached hydrogen (secondary N) is 2. The normalized spacial score (nSPS) is 26.1. The molecule has 2 rings (SSSR count). The third-order valence-corrected chi connectivity index (χ3v) is 5.15. The van der Waals surface area contributed by atoms with Crippen LogP contribution in [-0.4, -0.2) is 31.9 Å². The zero-order chi connectivity index (χ0) is 16.4. The average Bonchev–Trinajstić information content (AvgIpc) is 2.48. The van der Waals surface area contributed by atoms with E-state index < -0.39 is 0 Å². The number of ether oxygens (including phenoxy) is 2. The first kappa shape index (κ1) is 16.8. The molecular weight excluding hydrogens is 280 g/mol. The van der Waals surface area contributed by atoms with Gasteiger partial charge in [0, 0.05) is 36.9 Å². The van der Waals surface area contributed by atoms with Crippen molar-refractivity contribution in [2.45, 2.75) is 45.4 Å². The SMILES string of the molecule is COCc1ccccc1NC(=O)N[C@@H]1C[C@](C)(OC)C1(C)C. The number of methoxy groups -OCH3 is 2. The number of rotatable bonds is 5. The maximum absolute atomic E-state index is 12.3. The topological polar surface area (TPSA) is 59.6 Å². The molecule has 5 heteroatoms. The van der Waals surface area contributed by atoms with Gasteiger partial charge in [-0.05, 0) is 19.4 Å². The fourth-order valence-corrected chi connectivity index (χ4v) is 2.96. The number of urea groups is 1. The second-order valence-electron chi connectivity index (χ2n) is 6.60. The molecule has 5 nitrogen and oxygen atoms in total. The second-order valence-corrected chi connectivity index (χ2v) is 6.60. The van der Waals surface area contributed by atoms with Crippen LogP contribution >= 0.6 is 0 Å². The number of hydrogen-bond donors (Lipinski definition) is 2. The first-order valence-corrected chi connectivity index (χ1v) is 7.53. The molecule has 0 heterocycles. The van der Waals surface area contributed by atoms with Gasteiger partial charge in [0.1, 0.15) is 0 Å². The van der Waals surface area contributed by atoms with Crippen molar-refractivity contribution < 1.29 is 14.3 Å². The molecule has 0 radical (unpaired) electrons. The van der Waals surface area contributed by atoms with Gasteiger partial charge in [-0.2, -0.15) is 0 Å². The summed E-state index contributed by atoms with van der Waals surface area (Å²) in [5, 5.41) is 5.95. The highest BCUT2D eigenvalue weighted by molar-refractivity contribution is 5.90. The summed E-state index contributed by atoms with van der Waals surface area (Å²) >= 11 is 0. The summed E-state index contributed by atoms with van der Waals surface area (Å²) in [6, 6.07) is 7.53. The molecule has 1 saturated carbocycles. The minimum atomic E-state index is -0.196. The van der Waals surface area contributed by atoms with Gasteiger partial charge in [-0.15, -0.1) is 0 Å². The van der Waals surface area contributed by atoms with Crippen LogP contribution in [0.5, 0.6) is 0 Å². The Morgan fingerprint density at radius 2 is 1.95 bits per heavy atom. The molecule has 0 bridgehead atoms. The Bertz CT molecular complexity index is 544. The second kappa shape index (κ2) is 6.26. The summed E-state index contributed by atoms with van der Waals surface area (Å²) in [7, 11) is 3.36. The van der Waals surface area contributed by atoms with E-state index in [1.807, 2.05) is 24.3 Å². The van der Waals surface area contributed by atoms with Crippen LogP contribution in [0, 0.1) is 5.41 Å². The maximum Gasteiger partial charge on any atom is 0.319 e. The monoisotopic (exact) mass is 306 g/mol. The quantitative estimate of drug-likeness (QED) is 0.878. The first-order valence-electron chi connectivity index (χ1n) is 7.53. The number of carbonyl (C=O) groups is 1. The van der Waals surface area contributed by atoms with Crippen LogP contribution in [0.1, 0.15) is 32.8 Å². The van der Waals surface area contributed by atoms with Gasteiger partial charge in [0.2, 0.25) is 0 Å². The molecule has 0 aromatic heterocycles. The fraction of sp³-hybridized carbons (Fsp3) is 0.588. The standard InChI is InChI=1S/C17H26N2O3/c1-16(2)14(10-17(16,3)22-5)19-15(20)18-13-9-7-6-8-12(13)11-21-4/h6-9,14H,10-11H2,1-5H3,(H2,18,19,20)/t14-,17+/m1/s1. The fourth-order valence-electron chi connectivity index (χ4n) is 2.96. The highest BCUT2D eigenvalue weighted by atomic mass is 16.5. The zero-order valence-electron chi connectivity index (χ0n) is 14.0. The summed E-state index contributed by atoms with van der Waals surface area (Å²) in [6.07, 6.45) is 0.809. The van der Waals surface area contributed by atoms with Gasteiger partial charge in [-0.3, -0.25) is 0 Å². The molecule has 1 fully saturated rings. The highest BCUT2D eigenvalue weighted by Gasteiger charge is 2.58. The molecule has 1 aliphatic rings. The third-order valence-electron chi connectivity index (χ3n) is 5.15.